The van der Waals surface area contributed by atoms with Crippen molar-refractivity contribution < 1.29 is 19.1 Å². The molecule has 2 aliphatic heterocycles. The molecule has 8 heteroatoms. The zero-order valence-corrected chi connectivity index (χ0v) is 18.9. The molecule has 2 fully saturated rings. The summed E-state index contributed by atoms with van der Waals surface area (Å²) in [4.78, 5) is 44.1. The van der Waals surface area contributed by atoms with Gasteiger partial charge in [0.1, 0.15) is 11.4 Å². The largest absolute Gasteiger partial charge is 0.497 e. The van der Waals surface area contributed by atoms with Crippen LogP contribution in [-0.4, -0.2) is 66.8 Å². The van der Waals surface area contributed by atoms with Gasteiger partial charge in [0.05, 0.1) is 12.7 Å². The summed E-state index contributed by atoms with van der Waals surface area (Å²) in [5, 5.41) is 6.30. The summed E-state index contributed by atoms with van der Waals surface area (Å²) < 4.78 is 5.15. The molecule has 1 aromatic carbocycles. The van der Waals surface area contributed by atoms with E-state index >= 15 is 0 Å². The topological polar surface area (TPSA) is 101 Å². The SMILES string of the molecule is COc1ccc(C(=O)C2CCN(C(=O)c3ccc(C(=O)NC4CCNCC4)cn3)CC2)cc1. The highest BCUT2D eigenvalue weighted by atomic mass is 16.5. The lowest BCUT2D eigenvalue weighted by Gasteiger charge is -2.31. The van der Waals surface area contributed by atoms with Gasteiger partial charge < -0.3 is 20.3 Å². The minimum absolute atomic E-state index is 0.100. The Hall–Kier alpha value is -3.26. The number of nitrogens with one attached hydrogen (secondary N) is 2. The second kappa shape index (κ2) is 10.6. The molecule has 8 nitrogen and oxygen atoms in total. The highest BCUT2D eigenvalue weighted by Gasteiger charge is 2.29. The van der Waals surface area contributed by atoms with Crippen LogP contribution in [0.4, 0.5) is 0 Å². The van der Waals surface area contributed by atoms with Crippen LogP contribution >= 0.6 is 0 Å². The number of hydrogen-bond donors (Lipinski definition) is 2. The van der Waals surface area contributed by atoms with Crippen molar-refractivity contribution in [3.63, 3.8) is 0 Å². The highest BCUT2D eigenvalue weighted by molar-refractivity contribution is 5.99. The van der Waals surface area contributed by atoms with Crippen molar-refractivity contribution in [2.24, 2.45) is 5.92 Å². The lowest BCUT2D eigenvalue weighted by Crippen LogP contribution is -2.42. The van der Waals surface area contributed by atoms with E-state index in [2.05, 4.69) is 15.6 Å². The average Bonchev–Trinajstić information content (AvgIpc) is 2.88. The molecule has 0 radical (unpaired) electrons. The number of carbonyl (C=O) groups excluding carboxylic acids is 3. The van der Waals surface area contributed by atoms with Crippen molar-refractivity contribution in [3.05, 3.63) is 59.4 Å². The van der Waals surface area contributed by atoms with E-state index < -0.39 is 0 Å². The second-order valence-electron chi connectivity index (χ2n) is 8.59. The summed E-state index contributed by atoms with van der Waals surface area (Å²) in [6, 6.07) is 10.6. The number of likely N-dealkylation sites (tertiary alicyclic amines) is 1. The number of aromatic nitrogens is 1. The van der Waals surface area contributed by atoms with Gasteiger partial charge in [-0.05, 0) is 75.2 Å². The fourth-order valence-corrected chi connectivity index (χ4v) is 4.39. The molecular formula is C25H30N4O4. The van der Waals surface area contributed by atoms with Crippen LogP contribution in [0.25, 0.3) is 0 Å². The van der Waals surface area contributed by atoms with Gasteiger partial charge in [-0.3, -0.25) is 19.4 Å². The minimum atomic E-state index is -0.171. The molecule has 0 atom stereocenters. The second-order valence-corrected chi connectivity index (χ2v) is 8.59. The molecule has 0 unspecified atom stereocenters. The van der Waals surface area contributed by atoms with Crippen LogP contribution in [0, 0.1) is 5.92 Å². The first-order chi connectivity index (χ1) is 16.0. The summed E-state index contributed by atoms with van der Waals surface area (Å²) in [6.45, 7) is 2.81. The van der Waals surface area contributed by atoms with E-state index in [1.165, 1.54) is 6.20 Å². The molecule has 2 N–H and O–H groups in total. The lowest BCUT2D eigenvalue weighted by molar-refractivity contribution is 0.0645. The normalized spacial score (nSPS) is 17.4. The first kappa shape index (κ1) is 22.9. The number of hydrogen-bond acceptors (Lipinski definition) is 6. The van der Waals surface area contributed by atoms with Gasteiger partial charge in [0.15, 0.2) is 5.78 Å². The Labute approximate surface area is 193 Å². The molecule has 0 aliphatic carbocycles. The fourth-order valence-electron chi connectivity index (χ4n) is 4.39. The third-order valence-corrected chi connectivity index (χ3v) is 6.45. The van der Waals surface area contributed by atoms with E-state index in [0.717, 1.165) is 25.9 Å². The maximum Gasteiger partial charge on any atom is 0.272 e. The molecule has 0 spiro atoms. The van der Waals surface area contributed by atoms with Crippen molar-refractivity contribution in [2.75, 3.05) is 33.3 Å². The summed E-state index contributed by atoms with van der Waals surface area (Å²) in [5.74, 6) is 0.389. The number of ether oxygens (including phenoxy) is 1. The molecule has 174 valence electrons. The van der Waals surface area contributed by atoms with Gasteiger partial charge in [-0.25, -0.2) is 0 Å². The number of amides is 2. The smallest absolute Gasteiger partial charge is 0.272 e. The number of ketones is 1. The number of Topliss-reactive ketones (excluding diaryl/α,β-unsaturated/α-hetero) is 1. The van der Waals surface area contributed by atoms with Crippen molar-refractivity contribution in [2.45, 2.75) is 31.7 Å². The Balaban J connectivity index is 1.29. The van der Waals surface area contributed by atoms with E-state index in [1.54, 1.807) is 48.4 Å². The van der Waals surface area contributed by atoms with E-state index in [0.29, 0.717) is 48.5 Å². The number of nitrogens with zero attached hydrogens (tertiary/aromatic N) is 2. The molecule has 4 rings (SSSR count). The molecule has 3 heterocycles. The summed E-state index contributed by atoms with van der Waals surface area (Å²) in [5.41, 5.74) is 1.43. The van der Waals surface area contributed by atoms with E-state index in [1.807, 2.05) is 0 Å². The summed E-state index contributed by atoms with van der Waals surface area (Å²) >= 11 is 0. The van der Waals surface area contributed by atoms with Gasteiger partial charge in [0.2, 0.25) is 0 Å². The molecule has 2 aliphatic rings. The molecular weight excluding hydrogens is 420 g/mol. The number of carbonyl (C=O) groups is 3. The van der Waals surface area contributed by atoms with Crippen LogP contribution < -0.4 is 15.4 Å². The van der Waals surface area contributed by atoms with Crippen molar-refractivity contribution in [1.82, 2.24) is 20.5 Å². The first-order valence-electron chi connectivity index (χ1n) is 11.5. The van der Waals surface area contributed by atoms with Gasteiger partial charge in [0.25, 0.3) is 11.8 Å². The molecule has 2 saturated heterocycles. The Morgan fingerprint density at radius 1 is 0.970 bits per heavy atom. The predicted octanol–water partition coefficient (Wildman–Crippen LogP) is 2.31. The quantitative estimate of drug-likeness (QED) is 0.655. The van der Waals surface area contributed by atoms with E-state index in [-0.39, 0.29) is 29.6 Å². The number of piperidine rings is 2. The highest BCUT2D eigenvalue weighted by Crippen LogP contribution is 2.24. The lowest BCUT2D eigenvalue weighted by atomic mass is 9.88. The minimum Gasteiger partial charge on any atom is -0.497 e. The van der Waals surface area contributed by atoms with Gasteiger partial charge in [-0.1, -0.05) is 0 Å². The van der Waals surface area contributed by atoms with Crippen molar-refractivity contribution >= 4 is 17.6 Å². The third kappa shape index (κ3) is 5.57. The Bertz CT molecular complexity index is 976. The molecule has 0 bridgehead atoms. The van der Waals surface area contributed by atoms with Gasteiger partial charge in [-0.15, -0.1) is 0 Å². The monoisotopic (exact) mass is 450 g/mol. The Morgan fingerprint density at radius 2 is 1.64 bits per heavy atom. The molecule has 2 aromatic rings. The Kier molecular flexibility index (Phi) is 7.34. The van der Waals surface area contributed by atoms with Crippen LogP contribution in [-0.2, 0) is 0 Å². The zero-order chi connectivity index (χ0) is 23.2. The van der Waals surface area contributed by atoms with E-state index in [9.17, 15) is 14.4 Å². The third-order valence-electron chi connectivity index (χ3n) is 6.45. The maximum absolute atomic E-state index is 12.9. The number of pyridine rings is 1. The summed E-state index contributed by atoms with van der Waals surface area (Å²) in [6.07, 6.45) is 4.52. The zero-order valence-electron chi connectivity index (χ0n) is 18.9. The summed E-state index contributed by atoms with van der Waals surface area (Å²) in [7, 11) is 1.59. The van der Waals surface area contributed by atoms with Gasteiger partial charge >= 0.3 is 0 Å². The molecule has 33 heavy (non-hydrogen) atoms. The average molecular weight is 451 g/mol. The number of methoxy groups -OCH3 is 1. The van der Waals surface area contributed by atoms with Crippen molar-refractivity contribution in [1.29, 1.82) is 0 Å². The van der Waals surface area contributed by atoms with Crippen LogP contribution in [0.2, 0.25) is 0 Å². The maximum atomic E-state index is 12.9. The number of rotatable bonds is 6. The van der Waals surface area contributed by atoms with Gasteiger partial charge in [-0.2, -0.15) is 0 Å². The fraction of sp³-hybridized carbons (Fsp3) is 0.440. The molecule has 0 saturated carbocycles. The molecule has 2 amide bonds. The van der Waals surface area contributed by atoms with E-state index in [4.69, 9.17) is 4.74 Å². The van der Waals surface area contributed by atoms with Crippen molar-refractivity contribution in [3.8, 4) is 5.75 Å². The van der Waals surface area contributed by atoms with Crippen LogP contribution in [0.15, 0.2) is 42.6 Å². The van der Waals surface area contributed by atoms with Gasteiger partial charge in [0, 0.05) is 36.8 Å². The van der Waals surface area contributed by atoms with Crippen LogP contribution in [0.5, 0.6) is 5.75 Å². The number of benzene rings is 1. The Morgan fingerprint density at radius 3 is 2.24 bits per heavy atom. The predicted molar refractivity (Wildman–Crippen MR) is 124 cm³/mol. The first-order valence-corrected chi connectivity index (χ1v) is 11.5. The van der Waals surface area contributed by atoms with Crippen LogP contribution in [0.3, 0.4) is 0 Å². The van der Waals surface area contributed by atoms with Crippen LogP contribution in [0.1, 0.15) is 56.9 Å². The standard InChI is InChI=1S/C25H30N4O4/c1-33-21-5-2-17(3-6-21)23(30)18-10-14-29(15-11-18)25(32)22-7-4-19(16-27-22)24(31)28-20-8-12-26-13-9-20/h2-7,16,18,20,26H,8-15H2,1H3,(H,28,31). The molecule has 1 aromatic heterocycles.